The van der Waals surface area contributed by atoms with Crippen LogP contribution in [0, 0.1) is 5.82 Å². The van der Waals surface area contributed by atoms with Gasteiger partial charge in [-0.25, -0.2) is 19.3 Å². The Morgan fingerprint density at radius 1 is 0.931 bits per heavy atom. The van der Waals surface area contributed by atoms with Gasteiger partial charge in [-0.3, -0.25) is 9.59 Å². The molecule has 1 aromatic carbocycles. The highest BCUT2D eigenvalue weighted by molar-refractivity contribution is 6.32. The average molecular weight is 412 g/mol. The summed E-state index contributed by atoms with van der Waals surface area (Å²) in [4.78, 5) is 36.4. The Labute approximate surface area is 172 Å². The maximum Gasteiger partial charge on any atom is 0.270 e. The van der Waals surface area contributed by atoms with Gasteiger partial charge in [0.2, 0.25) is 0 Å². The molecule has 2 heterocycles. The van der Waals surface area contributed by atoms with Crippen molar-refractivity contribution in [2.75, 3.05) is 0 Å². The Kier molecular flexibility index (Phi) is 6.51. The van der Waals surface area contributed by atoms with E-state index in [1.807, 2.05) is 0 Å². The van der Waals surface area contributed by atoms with Crippen LogP contribution in [0.15, 0.2) is 48.9 Å². The molecule has 0 atom stereocenters. The van der Waals surface area contributed by atoms with Crippen molar-refractivity contribution in [1.82, 2.24) is 25.6 Å². The molecule has 0 aliphatic carbocycles. The molecule has 10 heteroatoms. The predicted molar refractivity (Wildman–Crippen MR) is 108 cm³/mol. The van der Waals surface area contributed by atoms with Crippen molar-refractivity contribution in [3.8, 4) is 0 Å². The third-order valence-electron chi connectivity index (χ3n) is 4.05. The maximum absolute atomic E-state index is 13.3. The van der Waals surface area contributed by atoms with E-state index in [-0.39, 0.29) is 30.3 Å². The van der Waals surface area contributed by atoms with Crippen LogP contribution in [-0.2, 0) is 13.1 Å². The van der Waals surface area contributed by atoms with Crippen LogP contribution in [0.4, 0.5) is 4.39 Å². The lowest BCUT2D eigenvalue weighted by atomic mass is 9.93. The van der Waals surface area contributed by atoms with Gasteiger partial charge in [0.05, 0.1) is 0 Å². The average Bonchev–Trinajstić information content (AvgIpc) is 2.73. The topological polar surface area (TPSA) is 96.9 Å². The van der Waals surface area contributed by atoms with Crippen molar-refractivity contribution >= 4 is 36.7 Å². The number of carbonyl (C=O) groups excluding carboxylic acids is 2. The van der Waals surface area contributed by atoms with E-state index in [1.165, 1.54) is 12.1 Å². The highest BCUT2D eigenvalue weighted by Gasteiger charge is 2.13. The van der Waals surface area contributed by atoms with Gasteiger partial charge in [-0.2, -0.15) is 0 Å². The van der Waals surface area contributed by atoms with E-state index in [0.717, 1.165) is 17.5 Å². The second-order valence-electron chi connectivity index (χ2n) is 6.23. The van der Waals surface area contributed by atoms with E-state index < -0.39 is 11.8 Å². The molecule has 3 aromatic rings. The molecule has 2 N–H and O–H groups in total. The Morgan fingerprint density at radius 3 is 2.14 bits per heavy atom. The first kappa shape index (κ1) is 20.4. The molecule has 0 radical (unpaired) electrons. The van der Waals surface area contributed by atoms with Crippen LogP contribution in [-0.4, -0.2) is 34.6 Å². The van der Waals surface area contributed by atoms with E-state index in [4.69, 9.17) is 11.6 Å². The van der Waals surface area contributed by atoms with Gasteiger partial charge in [0.1, 0.15) is 36.5 Å². The van der Waals surface area contributed by atoms with Crippen LogP contribution in [0.25, 0.3) is 0 Å². The van der Waals surface area contributed by atoms with Crippen molar-refractivity contribution in [2.24, 2.45) is 0 Å². The summed E-state index contributed by atoms with van der Waals surface area (Å²) < 4.78 is 13.3. The number of nitrogens with zero attached hydrogens (tertiary/aromatic N) is 3. The molecule has 0 aliphatic heterocycles. The van der Waals surface area contributed by atoms with Crippen molar-refractivity contribution in [3.05, 3.63) is 82.4 Å². The number of benzene rings is 1. The lowest BCUT2D eigenvalue weighted by Crippen LogP contribution is -2.27. The summed E-state index contributed by atoms with van der Waals surface area (Å²) in [6, 6.07) is 9.26. The molecule has 29 heavy (non-hydrogen) atoms. The lowest BCUT2D eigenvalue weighted by molar-refractivity contribution is 0.0944. The standard InChI is InChI=1S/C19H16BClFN5O2/c20-13-5-11(1-3-14(13)22)7-24-18(28)15-6-16(27-10-26-15)19(29)25-9-12-2-4-17(21)23-8-12/h1-6,8,10H,7,9,20H2,(H,24,28)(H,25,29). The Balaban J connectivity index is 1.60. The highest BCUT2D eigenvalue weighted by Crippen LogP contribution is 2.06. The van der Waals surface area contributed by atoms with Gasteiger partial charge in [-0.1, -0.05) is 35.3 Å². The molecular weight excluding hydrogens is 396 g/mol. The molecule has 0 fully saturated rings. The fraction of sp³-hybridized carbons (Fsp3) is 0.105. The number of rotatable bonds is 6. The van der Waals surface area contributed by atoms with Gasteiger partial charge in [0, 0.05) is 25.4 Å². The zero-order valence-corrected chi connectivity index (χ0v) is 16.2. The summed E-state index contributed by atoms with van der Waals surface area (Å²) in [7, 11) is 1.65. The Bertz CT molecular complexity index is 1050. The van der Waals surface area contributed by atoms with E-state index in [0.29, 0.717) is 10.6 Å². The van der Waals surface area contributed by atoms with Gasteiger partial charge in [0.15, 0.2) is 0 Å². The second-order valence-corrected chi connectivity index (χ2v) is 6.61. The molecule has 0 saturated heterocycles. The zero-order chi connectivity index (χ0) is 20.8. The summed E-state index contributed by atoms with van der Waals surface area (Å²) in [5.74, 6) is -1.23. The normalized spacial score (nSPS) is 10.4. The SMILES string of the molecule is Bc1cc(CNC(=O)c2cc(C(=O)NCc3ccc(Cl)nc3)ncn2)ccc1F. The molecule has 0 spiro atoms. The predicted octanol–water partition coefficient (Wildman–Crippen LogP) is 0.782. The smallest absolute Gasteiger partial charge is 0.270 e. The first-order valence-electron chi connectivity index (χ1n) is 8.66. The molecule has 0 saturated carbocycles. The molecule has 0 bridgehead atoms. The zero-order valence-electron chi connectivity index (χ0n) is 15.4. The van der Waals surface area contributed by atoms with Crippen molar-refractivity contribution in [1.29, 1.82) is 0 Å². The minimum atomic E-state index is -0.467. The summed E-state index contributed by atoms with van der Waals surface area (Å²) in [6.07, 6.45) is 2.70. The molecule has 0 unspecified atom stereocenters. The molecule has 2 amide bonds. The van der Waals surface area contributed by atoms with Crippen LogP contribution in [0.5, 0.6) is 0 Å². The summed E-state index contributed by atoms with van der Waals surface area (Å²) in [6.45, 7) is 0.438. The fourth-order valence-electron chi connectivity index (χ4n) is 2.48. The number of nitrogens with one attached hydrogen (secondary N) is 2. The van der Waals surface area contributed by atoms with Crippen LogP contribution >= 0.6 is 11.6 Å². The summed E-state index contributed by atoms with van der Waals surface area (Å²) in [5.41, 5.74) is 2.13. The van der Waals surface area contributed by atoms with Crippen molar-refractivity contribution in [2.45, 2.75) is 13.1 Å². The van der Waals surface area contributed by atoms with Gasteiger partial charge >= 0.3 is 0 Å². The first-order valence-corrected chi connectivity index (χ1v) is 9.04. The number of hydrogen-bond acceptors (Lipinski definition) is 5. The summed E-state index contributed by atoms with van der Waals surface area (Å²) >= 11 is 5.73. The van der Waals surface area contributed by atoms with E-state index in [9.17, 15) is 14.0 Å². The number of carbonyl (C=O) groups is 2. The molecule has 7 nitrogen and oxygen atoms in total. The van der Waals surface area contributed by atoms with Crippen molar-refractivity contribution < 1.29 is 14.0 Å². The molecule has 3 rings (SSSR count). The van der Waals surface area contributed by atoms with Crippen LogP contribution in [0.2, 0.25) is 5.15 Å². The molecule has 146 valence electrons. The van der Waals surface area contributed by atoms with Crippen molar-refractivity contribution in [3.63, 3.8) is 0 Å². The minimum Gasteiger partial charge on any atom is -0.347 e. The number of amides is 2. The lowest BCUT2D eigenvalue weighted by Gasteiger charge is -2.08. The number of aromatic nitrogens is 3. The molecule has 2 aromatic heterocycles. The third kappa shape index (κ3) is 5.58. The van der Waals surface area contributed by atoms with E-state index >= 15 is 0 Å². The highest BCUT2D eigenvalue weighted by atomic mass is 35.5. The number of hydrogen-bond donors (Lipinski definition) is 2. The van der Waals surface area contributed by atoms with Crippen LogP contribution in [0.3, 0.4) is 0 Å². The van der Waals surface area contributed by atoms with Gasteiger partial charge in [-0.05, 0) is 23.3 Å². The van der Waals surface area contributed by atoms with Gasteiger partial charge in [0.25, 0.3) is 11.8 Å². The third-order valence-corrected chi connectivity index (χ3v) is 4.27. The van der Waals surface area contributed by atoms with Crippen LogP contribution in [0.1, 0.15) is 32.1 Å². The monoisotopic (exact) mass is 411 g/mol. The quantitative estimate of drug-likeness (QED) is 0.462. The number of pyridine rings is 1. The second kappa shape index (κ2) is 9.25. The van der Waals surface area contributed by atoms with Crippen LogP contribution < -0.4 is 16.1 Å². The maximum atomic E-state index is 13.3. The van der Waals surface area contributed by atoms with Gasteiger partial charge < -0.3 is 10.6 Å². The fourth-order valence-corrected chi connectivity index (χ4v) is 2.59. The molecular formula is C19H16BClFN5O2. The first-order chi connectivity index (χ1) is 13.9. The van der Waals surface area contributed by atoms with E-state index in [1.54, 1.807) is 38.3 Å². The van der Waals surface area contributed by atoms with Gasteiger partial charge in [-0.15, -0.1) is 0 Å². The van der Waals surface area contributed by atoms with E-state index in [2.05, 4.69) is 25.6 Å². The number of halogens is 2. The molecule has 0 aliphatic rings. The largest absolute Gasteiger partial charge is 0.347 e. The Hall–Kier alpha value is -3.33. The summed E-state index contributed by atoms with van der Waals surface area (Å²) in [5, 5.41) is 5.74. The minimum absolute atomic E-state index is 0.0529. The Morgan fingerprint density at radius 2 is 1.55 bits per heavy atom.